The molecule has 0 aliphatic rings. The summed E-state index contributed by atoms with van der Waals surface area (Å²) in [6.45, 7) is 0. The van der Waals surface area contributed by atoms with E-state index in [1.807, 2.05) is 4.72 Å². The van der Waals surface area contributed by atoms with E-state index in [-0.39, 0.29) is 4.90 Å². The van der Waals surface area contributed by atoms with Gasteiger partial charge in [-0.05, 0) is 42.5 Å². The highest BCUT2D eigenvalue weighted by molar-refractivity contribution is 7.92. The Bertz CT molecular complexity index is 802. The highest BCUT2D eigenvalue weighted by atomic mass is 32.2. The van der Waals surface area contributed by atoms with Crippen molar-refractivity contribution in [3.05, 3.63) is 53.8 Å². The number of sulfonamides is 1. The predicted molar refractivity (Wildman–Crippen MR) is 75.2 cm³/mol. The second-order valence-electron chi connectivity index (χ2n) is 4.47. The Morgan fingerprint density at radius 2 is 1.65 bits per heavy atom. The Morgan fingerprint density at radius 3 is 2.17 bits per heavy atom. The maximum Gasteiger partial charge on any atom is 0.416 e. The van der Waals surface area contributed by atoms with Crippen molar-refractivity contribution in [2.75, 3.05) is 11.8 Å². The summed E-state index contributed by atoms with van der Waals surface area (Å²) < 4.78 is 82.4. The van der Waals surface area contributed by atoms with E-state index in [9.17, 15) is 26.0 Å². The third-order valence-electron chi connectivity index (χ3n) is 2.91. The van der Waals surface area contributed by atoms with E-state index < -0.39 is 33.3 Å². The second-order valence-corrected chi connectivity index (χ2v) is 6.16. The van der Waals surface area contributed by atoms with Crippen LogP contribution in [0, 0.1) is 5.82 Å². The molecule has 0 atom stereocenters. The van der Waals surface area contributed by atoms with Gasteiger partial charge < -0.3 is 4.74 Å². The number of methoxy groups -OCH3 is 1. The standard InChI is InChI=1S/C14H11F4NO3S/c1-22-10-3-5-11(6-4-10)23(20,21)19-13-8-9(14(16,17)18)2-7-12(13)15/h2-8,19H,1H3. The number of hydrogen-bond acceptors (Lipinski definition) is 3. The first-order valence-corrected chi connectivity index (χ1v) is 7.65. The topological polar surface area (TPSA) is 55.4 Å². The summed E-state index contributed by atoms with van der Waals surface area (Å²) in [6, 6.07) is 6.57. The predicted octanol–water partition coefficient (Wildman–Crippen LogP) is 3.65. The number of alkyl halides is 3. The van der Waals surface area contributed by atoms with Gasteiger partial charge in [0, 0.05) is 0 Å². The van der Waals surface area contributed by atoms with Crippen molar-refractivity contribution in [3.63, 3.8) is 0 Å². The molecule has 124 valence electrons. The fourth-order valence-corrected chi connectivity index (χ4v) is 2.80. The van der Waals surface area contributed by atoms with Gasteiger partial charge in [-0.1, -0.05) is 0 Å². The first kappa shape index (κ1) is 17.1. The number of anilines is 1. The highest BCUT2D eigenvalue weighted by Gasteiger charge is 2.31. The molecule has 0 aliphatic carbocycles. The molecule has 2 aromatic carbocycles. The van der Waals surface area contributed by atoms with Crippen molar-refractivity contribution in [3.8, 4) is 5.75 Å². The van der Waals surface area contributed by atoms with Gasteiger partial charge in [0.05, 0.1) is 23.3 Å². The summed E-state index contributed by atoms with van der Waals surface area (Å²) in [7, 11) is -2.85. The fraction of sp³-hybridized carbons (Fsp3) is 0.143. The van der Waals surface area contributed by atoms with Crippen LogP contribution >= 0.6 is 0 Å². The molecule has 2 aromatic rings. The largest absolute Gasteiger partial charge is 0.497 e. The number of benzene rings is 2. The van der Waals surface area contributed by atoms with Crippen molar-refractivity contribution in [1.82, 2.24) is 0 Å². The maximum absolute atomic E-state index is 13.6. The lowest BCUT2D eigenvalue weighted by Crippen LogP contribution is -2.15. The molecule has 0 fully saturated rings. The van der Waals surface area contributed by atoms with Crippen LogP contribution in [-0.2, 0) is 16.2 Å². The van der Waals surface area contributed by atoms with Crippen LogP contribution in [0.25, 0.3) is 0 Å². The molecule has 9 heteroatoms. The summed E-state index contributed by atoms with van der Waals surface area (Å²) in [4.78, 5) is -0.241. The molecule has 0 aromatic heterocycles. The number of nitrogens with one attached hydrogen (secondary N) is 1. The van der Waals surface area contributed by atoms with Crippen molar-refractivity contribution in [1.29, 1.82) is 0 Å². The van der Waals surface area contributed by atoms with E-state index in [0.29, 0.717) is 23.9 Å². The van der Waals surface area contributed by atoms with Crippen LogP contribution in [0.1, 0.15) is 5.56 Å². The molecule has 4 nitrogen and oxygen atoms in total. The quantitative estimate of drug-likeness (QED) is 0.857. The number of halogens is 4. The third-order valence-corrected chi connectivity index (χ3v) is 4.29. The second kappa shape index (κ2) is 6.07. The van der Waals surface area contributed by atoms with Gasteiger partial charge in [0.1, 0.15) is 11.6 Å². The average molecular weight is 349 g/mol. The Balaban J connectivity index is 2.36. The molecule has 0 radical (unpaired) electrons. The zero-order chi connectivity index (χ0) is 17.3. The van der Waals surface area contributed by atoms with Crippen LogP contribution in [-0.4, -0.2) is 15.5 Å². The van der Waals surface area contributed by atoms with Crippen LogP contribution in [0.4, 0.5) is 23.2 Å². The van der Waals surface area contributed by atoms with E-state index in [4.69, 9.17) is 4.74 Å². The fourth-order valence-electron chi connectivity index (χ4n) is 1.74. The molecule has 2 rings (SSSR count). The van der Waals surface area contributed by atoms with E-state index in [1.165, 1.54) is 31.4 Å². The average Bonchev–Trinajstić information content (AvgIpc) is 2.48. The molecule has 0 bridgehead atoms. The molecule has 0 saturated heterocycles. The van der Waals surface area contributed by atoms with E-state index in [2.05, 4.69) is 0 Å². The first-order chi connectivity index (χ1) is 10.6. The third kappa shape index (κ3) is 3.92. The van der Waals surface area contributed by atoms with E-state index in [1.54, 1.807) is 0 Å². The summed E-state index contributed by atoms with van der Waals surface area (Å²) >= 11 is 0. The van der Waals surface area contributed by atoms with Gasteiger partial charge in [0.15, 0.2) is 0 Å². The van der Waals surface area contributed by atoms with Crippen LogP contribution < -0.4 is 9.46 Å². The van der Waals surface area contributed by atoms with Crippen LogP contribution in [0.5, 0.6) is 5.75 Å². The molecule has 0 heterocycles. The van der Waals surface area contributed by atoms with Gasteiger partial charge in [-0.15, -0.1) is 0 Å². The number of ether oxygens (including phenoxy) is 1. The number of hydrogen-bond donors (Lipinski definition) is 1. The molecule has 0 saturated carbocycles. The molecule has 0 amide bonds. The van der Waals surface area contributed by atoms with Crippen LogP contribution in [0.3, 0.4) is 0 Å². The summed E-state index contributed by atoms with van der Waals surface area (Å²) in [5.74, 6) is -0.718. The molecule has 0 aliphatic heterocycles. The minimum Gasteiger partial charge on any atom is -0.497 e. The Hall–Kier alpha value is -2.29. The first-order valence-electron chi connectivity index (χ1n) is 6.17. The van der Waals surface area contributed by atoms with Crippen molar-refractivity contribution >= 4 is 15.7 Å². The summed E-state index contributed by atoms with van der Waals surface area (Å²) in [6.07, 6.45) is -4.71. The zero-order valence-corrected chi connectivity index (χ0v) is 12.5. The normalized spacial score (nSPS) is 12.0. The van der Waals surface area contributed by atoms with Gasteiger partial charge in [0.25, 0.3) is 10.0 Å². The van der Waals surface area contributed by atoms with E-state index in [0.717, 1.165) is 0 Å². The van der Waals surface area contributed by atoms with Gasteiger partial charge in [-0.25, -0.2) is 12.8 Å². The molecule has 0 unspecified atom stereocenters. The SMILES string of the molecule is COc1ccc(S(=O)(=O)Nc2cc(C(F)(F)F)ccc2F)cc1. The maximum atomic E-state index is 13.6. The molecule has 0 spiro atoms. The van der Waals surface area contributed by atoms with Gasteiger partial charge in [-0.3, -0.25) is 4.72 Å². The van der Waals surface area contributed by atoms with Crippen molar-refractivity contribution < 1.29 is 30.7 Å². The van der Waals surface area contributed by atoms with Gasteiger partial charge in [0.2, 0.25) is 0 Å². The molecule has 23 heavy (non-hydrogen) atoms. The Morgan fingerprint density at radius 1 is 1.04 bits per heavy atom. The Labute approximate surface area is 129 Å². The lowest BCUT2D eigenvalue weighted by Gasteiger charge is -2.12. The number of rotatable bonds is 4. The lowest BCUT2D eigenvalue weighted by molar-refractivity contribution is -0.137. The lowest BCUT2D eigenvalue weighted by atomic mass is 10.2. The van der Waals surface area contributed by atoms with Crippen molar-refractivity contribution in [2.24, 2.45) is 0 Å². The molecular formula is C14H11F4NO3S. The van der Waals surface area contributed by atoms with Gasteiger partial charge in [-0.2, -0.15) is 13.2 Å². The van der Waals surface area contributed by atoms with Crippen LogP contribution in [0.2, 0.25) is 0 Å². The van der Waals surface area contributed by atoms with Gasteiger partial charge >= 0.3 is 6.18 Å². The zero-order valence-electron chi connectivity index (χ0n) is 11.7. The minimum absolute atomic E-state index is 0.241. The minimum atomic E-state index is -4.71. The smallest absolute Gasteiger partial charge is 0.416 e. The summed E-state index contributed by atoms with van der Waals surface area (Å²) in [5, 5.41) is 0. The molecular weight excluding hydrogens is 338 g/mol. The highest BCUT2D eigenvalue weighted by Crippen LogP contribution is 2.32. The monoisotopic (exact) mass is 349 g/mol. The van der Waals surface area contributed by atoms with Crippen molar-refractivity contribution in [2.45, 2.75) is 11.1 Å². The molecule has 1 N–H and O–H groups in total. The van der Waals surface area contributed by atoms with Crippen LogP contribution in [0.15, 0.2) is 47.4 Å². The van der Waals surface area contributed by atoms with E-state index >= 15 is 0 Å². The summed E-state index contributed by atoms with van der Waals surface area (Å²) in [5.41, 5.74) is -1.94. The Kier molecular flexibility index (Phi) is 4.51.